The molecule has 1 aliphatic rings. The monoisotopic (exact) mass is 216 g/mol. The summed E-state index contributed by atoms with van der Waals surface area (Å²) in [5.74, 6) is 1.00. The van der Waals surface area contributed by atoms with Gasteiger partial charge in [-0.25, -0.2) is 0 Å². The predicted octanol–water partition coefficient (Wildman–Crippen LogP) is 1.82. The molecule has 0 spiro atoms. The molecule has 2 nitrogen and oxygen atoms in total. The summed E-state index contributed by atoms with van der Waals surface area (Å²) in [6, 6.07) is 0.759. The van der Waals surface area contributed by atoms with Gasteiger partial charge in [-0.05, 0) is 57.5 Å². The van der Waals surface area contributed by atoms with Crippen LogP contribution in [0, 0.1) is 0 Å². The topological polar surface area (TPSA) is 24.1 Å². The van der Waals surface area contributed by atoms with E-state index in [1.807, 2.05) is 0 Å². The van der Waals surface area contributed by atoms with Crippen molar-refractivity contribution < 1.29 is 0 Å². The first-order valence-corrected chi connectivity index (χ1v) is 6.61. The SMILES string of the molecule is SCCCNC1CCCCNCCC1. The van der Waals surface area contributed by atoms with Crippen LogP contribution in [0.4, 0.5) is 0 Å². The number of hydrogen-bond acceptors (Lipinski definition) is 3. The van der Waals surface area contributed by atoms with Crippen molar-refractivity contribution in [3.05, 3.63) is 0 Å². The summed E-state index contributed by atoms with van der Waals surface area (Å²) in [4.78, 5) is 0. The first kappa shape index (κ1) is 12.3. The predicted molar refractivity (Wildman–Crippen MR) is 66.2 cm³/mol. The van der Waals surface area contributed by atoms with Gasteiger partial charge in [0.1, 0.15) is 0 Å². The Morgan fingerprint density at radius 2 is 1.93 bits per heavy atom. The maximum absolute atomic E-state index is 4.22. The van der Waals surface area contributed by atoms with Crippen LogP contribution in [0.15, 0.2) is 0 Å². The molecule has 1 fully saturated rings. The van der Waals surface area contributed by atoms with Crippen LogP contribution in [0.25, 0.3) is 0 Å². The lowest BCUT2D eigenvalue weighted by molar-refractivity contribution is 0.439. The number of nitrogens with one attached hydrogen (secondary N) is 2. The molecule has 0 aliphatic carbocycles. The zero-order valence-electron chi connectivity index (χ0n) is 9.10. The van der Waals surface area contributed by atoms with Crippen molar-refractivity contribution in [3.63, 3.8) is 0 Å². The molecular weight excluding hydrogens is 192 g/mol. The van der Waals surface area contributed by atoms with Gasteiger partial charge < -0.3 is 10.6 Å². The fourth-order valence-corrected chi connectivity index (χ4v) is 2.13. The Bertz CT molecular complexity index is 120. The van der Waals surface area contributed by atoms with Gasteiger partial charge in [0.15, 0.2) is 0 Å². The summed E-state index contributed by atoms with van der Waals surface area (Å²) in [5.41, 5.74) is 0. The molecule has 0 aromatic carbocycles. The van der Waals surface area contributed by atoms with E-state index in [1.165, 1.54) is 51.6 Å². The van der Waals surface area contributed by atoms with E-state index in [0.29, 0.717) is 0 Å². The first-order chi connectivity index (χ1) is 6.93. The van der Waals surface area contributed by atoms with Gasteiger partial charge in [0.2, 0.25) is 0 Å². The summed E-state index contributed by atoms with van der Waals surface area (Å²) >= 11 is 4.22. The highest BCUT2D eigenvalue weighted by molar-refractivity contribution is 7.80. The molecule has 0 aromatic heterocycles. The summed E-state index contributed by atoms with van der Waals surface area (Å²) in [6.07, 6.45) is 7.90. The van der Waals surface area contributed by atoms with E-state index >= 15 is 0 Å². The molecule has 0 aromatic rings. The van der Waals surface area contributed by atoms with Crippen LogP contribution in [0.3, 0.4) is 0 Å². The van der Waals surface area contributed by atoms with Crippen LogP contribution in [0.5, 0.6) is 0 Å². The van der Waals surface area contributed by atoms with E-state index in [0.717, 1.165) is 18.3 Å². The smallest absolute Gasteiger partial charge is 0.00675 e. The highest BCUT2D eigenvalue weighted by atomic mass is 32.1. The molecule has 0 saturated carbocycles. The lowest BCUT2D eigenvalue weighted by Crippen LogP contribution is -2.30. The van der Waals surface area contributed by atoms with Crippen molar-refractivity contribution in [1.29, 1.82) is 0 Å². The van der Waals surface area contributed by atoms with Crippen molar-refractivity contribution >= 4 is 12.6 Å². The van der Waals surface area contributed by atoms with Crippen molar-refractivity contribution in [2.24, 2.45) is 0 Å². The van der Waals surface area contributed by atoms with Gasteiger partial charge in [0.05, 0.1) is 0 Å². The lowest BCUT2D eigenvalue weighted by atomic mass is 10.1. The molecule has 3 heteroatoms. The van der Waals surface area contributed by atoms with Crippen LogP contribution < -0.4 is 10.6 Å². The zero-order valence-corrected chi connectivity index (χ0v) is 9.99. The van der Waals surface area contributed by atoms with Crippen LogP contribution in [0.2, 0.25) is 0 Å². The summed E-state index contributed by atoms with van der Waals surface area (Å²) in [6.45, 7) is 3.55. The van der Waals surface area contributed by atoms with Crippen molar-refractivity contribution in [2.75, 3.05) is 25.4 Å². The second-order valence-electron chi connectivity index (χ2n) is 4.12. The third-order valence-electron chi connectivity index (χ3n) is 2.83. The maximum Gasteiger partial charge on any atom is 0.00675 e. The van der Waals surface area contributed by atoms with Gasteiger partial charge in [0.25, 0.3) is 0 Å². The van der Waals surface area contributed by atoms with Gasteiger partial charge >= 0.3 is 0 Å². The van der Waals surface area contributed by atoms with Gasteiger partial charge in [-0.2, -0.15) is 12.6 Å². The molecule has 84 valence electrons. The molecule has 0 amide bonds. The van der Waals surface area contributed by atoms with Gasteiger partial charge in [-0.15, -0.1) is 0 Å². The van der Waals surface area contributed by atoms with Crippen LogP contribution in [-0.2, 0) is 0 Å². The highest BCUT2D eigenvalue weighted by Gasteiger charge is 2.08. The number of hydrogen-bond donors (Lipinski definition) is 3. The van der Waals surface area contributed by atoms with Crippen molar-refractivity contribution in [1.82, 2.24) is 10.6 Å². The van der Waals surface area contributed by atoms with E-state index in [9.17, 15) is 0 Å². The molecule has 1 atom stereocenters. The molecule has 1 rings (SSSR count). The van der Waals surface area contributed by atoms with E-state index in [2.05, 4.69) is 23.3 Å². The highest BCUT2D eigenvalue weighted by Crippen LogP contribution is 2.08. The molecule has 1 saturated heterocycles. The molecule has 1 aliphatic heterocycles. The molecule has 0 radical (unpaired) electrons. The normalized spacial score (nSPS) is 25.1. The Balaban J connectivity index is 2.12. The Kier molecular flexibility index (Phi) is 7.55. The fourth-order valence-electron chi connectivity index (χ4n) is 1.97. The first-order valence-electron chi connectivity index (χ1n) is 5.98. The third-order valence-corrected chi connectivity index (χ3v) is 3.15. The Morgan fingerprint density at radius 1 is 1.14 bits per heavy atom. The van der Waals surface area contributed by atoms with Gasteiger partial charge in [-0.3, -0.25) is 0 Å². The molecule has 1 heterocycles. The Morgan fingerprint density at radius 3 is 2.79 bits per heavy atom. The second-order valence-corrected chi connectivity index (χ2v) is 4.56. The van der Waals surface area contributed by atoms with Gasteiger partial charge in [0, 0.05) is 6.04 Å². The summed E-state index contributed by atoms with van der Waals surface area (Å²) < 4.78 is 0. The number of thiol groups is 1. The minimum atomic E-state index is 0.759. The van der Waals surface area contributed by atoms with E-state index in [1.54, 1.807) is 0 Å². The van der Waals surface area contributed by atoms with Crippen LogP contribution in [-0.4, -0.2) is 31.4 Å². The fraction of sp³-hybridized carbons (Fsp3) is 1.00. The van der Waals surface area contributed by atoms with E-state index in [4.69, 9.17) is 0 Å². The Hall–Kier alpha value is 0.270. The number of rotatable bonds is 4. The summed E-state index contributed by atoms with van der Waals surface area (Å²) in [7, 11) is 0. The molecule has 2 N–H and O–H groups in total. The minimum Gasteiger partial charge on any atom is -0.317 e. The molecule has 0 bridgehead atoms. The molecule has 1 unspecified atom stereocenters. The average Bonchev–Trinajstić information content (AvgIpc) is 2.32. The quantitative estimate of drug-likeness (QED) is 0.493. The van der Waals surface area contributed by atoms with E-state index < -0.39 is 0 Å². The van der Waals surface area contributed by atoms with Crippen molar-refractivity contribution in [3.8, 4) is 0 Å². The third kappa shape index (κ3) is 5.89. The van der Waals surface area contributed by atoms with Crippen molar-refractivity contribution in [2.45, 2.75) is 44.6 Å². The summed E-state index contributed by atoms with van der Waals surface area (Å²) in [5, 5.41) is 7.12. The van der Waals surface area contributed by atoms with Gasteiger partial charge in [-0.1, -0.05) is 6.42 Å². The lowest BCUT2D eigenvalue weighted by Gasteiger charge is -2.17. The average molecular weight is 216 g/mol. The van der Waals surface area contributed by atoms with E-state index in [-0.39, 0.29) is 0 Å². The largest absolute Gasteiger partial charge is 0.317 e. The zero-order chi connectivity index (χ0) is 10.1. The standard InChI is InChI=1S/C11H24N2S/c14-10-4-9-13-11-5-1-2-7-12-8-3-6-11/h11-14H,1-10H2. The molecule has 14 heavy (non-hydrogen) atoms. The Labute approximate surface area is 93.6 Å². The maximum atomic E-state index is 4.22. The minimum absolute atomic E-state index is 0.759. The van der Waals surface area contributed by atoms with Crippen LogP contribution in [0.1, 0.15) is 38.5 Å². The van der Waals surface area contributed by atoms with Crippen LogP contribution >= 0.6 is 12.6 Å². The second kappa shape index (κ2) is 8.57. The molecular formula is C11H24N2S.